The van der Waals surface area contributed by atoms with Crippen LogP contribution >= 0.6 is 0 Å². The summed E-state index contributed by atoms with van der Waals surface area (Å²) in [5.74, 6) is 0.279. The molecular weight excluding hydrogens is 245 g/mol. The third kappa shape index (κ3) is 3.45. The van der Waals surface area contributed by atoms with Gasteiger partial charge in [-0.1, -0.05) is 18.2 Å². The summed E-state index contributed by atoms with van der Waals surface area (Å²) in [6, 6.07) is 11.9. The first-order valence-electron chi connectivity index (χ1n) is 6.06. The zero-order valence-corrected chi connectivity index (χ0v) is 10.5. The Morgan fingerprint density at radius 1 is 1.11 bits per heavy atom. The van der Waals surface area contributed by atoms with Gasteiger partial charge in [-0.05, 0) is 36.2 Å². The Labute approximate surface area is 111 Å². The van der Waals surface area contributed by atoms with Gasteiger partial charge in [0.15, 0.2) is 0 Å². The minimum atomic E-state index is -0.364. The Balaban J connectivity index is 2.02. The number of aliphatic hydroxyl groups excluding tert-OH is 1. The lowest BCUT2D eigenvalue weighted by atomic mass is 10.1. The first-order chi connectivity index (χ1) is 9.20. The summed E-state index contributed by atoms with van der Waals surface area (Å²) in [5, 5.41) is 8.82. The van der Waals surface area contributed by atoms with Crippen molar-refractivity contribution < 1.29 is 14.2 Å². The highest BCUT2D eigenvalue weighted by Crippen LogP contribution is 2.19. The Bertz CT molecular complexity index is 520. The maximum absolute atomic E-state index is 13.5. The summed E-state index contributed by atoms with van der Waals surface area (Å²) in [6.45, 7) is 0.212. The molecule has 2 aromatic carbocycles. The first kappa shape index (κ1) is 13.4. The molecule has 0 atom stereocenters. The predicted octanol–water partition coefficient (Wildman–Crippen LogP) is 2.52. The lowest BCUT2D eigenvalue weighted by Crippen LogP contribution is -2.03. The van der Waals surface area contributed by atoms with Crippen molar-refractivity contribution >= 4 is 5.69 Å². The standard InChI is InChI=1S/C15H16FNO2/c16-14-2-1-3-15(17)13(14)10-19-12-6-4-11(5-7-12)8-9-18/h1-7,18H,8-10,17H2. The number of hydrogen-bond acceptors (Lipinski definition) is 3. The zero-order valence-electron chi connectivity index (χ0n) is 10.5. The van der Waals surface area contributed by atoms with Crippen LogP contribution in [0.5, 0.6) is 5.75 Å². The molecule has 0 saturated carbocycles. The van der Waals surface area contributed by atoms with Crippen LogP contribution in [0, 0.1) is 5.82 Å². The van der Waals surface area contributed by atoms with Crippen molar-refractivity contribution in [3.05, 3.63) is 59.4 Å². The van der Waals surface area contributed by atoms with E-state index in [0.29, 0.717) is 23.4 Å². The molecule has 4 heteroatoms. The fourth-order valence-corrected chi connectivity index (χ4v) is 1.76. The average molecular weight is 261 g/mol. The predicted molar refractivity (Wildman–Crippen MR) is 72.4 cm³/mol. The minimum Gasteiger partial charge on any atom is -0.489 e. The van der Waals surface area contributed by atoms with E-state index < -0.39 is 0 Å². The molecule has 0 spiro atoms. The smallest absolute Gasteiger partial charge is 0.131 e. The molecule has 2 aromatic rings. The monoisotopic (exact) mass is 261 g/mol. The number of benzene rings is 2. The molecule has 0 unspecified atom stereocenters. The summed E-state index contributed by atoms with van der Waals surface area (Å²) in [6.07, 6.45) is 0.612. The maximum Gasteiger partial charge on any atom is 0.131 e. The zero-order chi connectivity index (χ0) is 13.7. The SMILES string of the molecule is Nc1cccc(F)c1COc1ccc(CCO)cc1. The molecule has 0 amide bonds. The highest BCUT2D eigenvalue weighted by atomic mass is 19.1. The molecule has 0 heterocycles. The van der Waals surface area contributed by atoms with Crippen LogP contribution < -0.4 is 10.5 Å². The molecule has 0 radical (unpaired) electrons. The molecule has 0 aliphatic heterocycles. The Kier molecular flexibility index (Phi) is 4.36. The van der Waals surface area contributed by atoms with Crippen LogP contribution in [-0.2, 0) is 13.0 Å². The van der Waals surface area contributed by atoms with Gasteiger partial charge in [-0.3, -0.25) is 0 Å². The fourth-order valence-electron chi connectivity index (χ4n) is 1.76. The highest BCUT2D eigenvalue weighted by Gasteiger charge is 2.06. The van der Waals surface area contributed by atoms with Crippen molar-refractivity contribution in [2.75, 3.05) is 12.3 Å². The molecule has 100 valence electrons. The van der Waals surface area contributed by atoms with Crippen LogP contribution in [-0.4, -0.2) is 11.7 Å². The van der Waals surface area contributed by atoms with Crippen molar-refractivity contribution in [2.45, 2.75) is 13.0 Å². The molecule has 2 rings (SSSR count). The van der Waals surface area contributed by atoms with Gasteiger partial charge in [-0.2, -0.15) is 0 Å². The second-order valence-electron chi connectivity index (χ2n) is 4.21. The summed E-state index contributed by atoms with van der Waals surface area (Å²) in [4.78, 5) is 0. The van der Waals surface area contributed by atoms with E-state index >= 15 is 0 Å². The van der Waals surface area contributed by atoms with Crippen LogP contribution in [0.3, 0.4) is 0 Å². The molecular formula is C15H16FNO2. The number of nitrogens with two attached hydrogens (primary N) is 1. The largest absolute Gasteiger partial charge is 0.489 e. The van der Waals surface area contributed by atoms with Crippen LogP contribution in [0.15, 0.2) is 42.5 Å². The van der Waals surface area contributed by atoms with Gasteiger partial charge in [0.25, 0.3) is 0 Å². The van der Waals surface area contributed by atoms with Gasteiger partial charge in [-0.25, -0.2) is 4.39 Å². The van der Waals surface area contributed by atoms with E-state index in [2.05, 4.69) is 0 Å². The number of rotatable bonds is 5. The van der Waals surface area contributed by atoms with Crippen molar-refractivity contribution in [3.63, 3.8) is 0 Å². The maximum atomic E-state index is 13.5. The topological polar surface area (TPSA) is 55.5 Å². The number of aliphatic hydroxyl groups is 1. The quantitative estimate of drug-likeness (QED) is 0.813. The molecule has 0 fully saturated rings. The summed E-state index contributed by atoms with van der Waals surface area (Å²) >= 11 is 0. The van der Waals surface area contributed by atoms with E-state index in [4.69, 9.17) is 15.6 Å². The second-order valence-corrected chi connectivity index (χ2v) is 4.21. The molecule has 0 aliphatic rings. The van der Waals surface area contributed by atoms with Crippen LogP contribution in [0.2, 0.25) is 0 Å². The number of ether oxygens (including phenoxy) is 1. The van der Waals surface area contributed by atoms with Crippen molar-refractivity contribution in [1.82, 2.24) is 0 Å². The van der Waals surface area contributed by atoms with Gasteiger partial charge in [0.2, 0.25) is 0 Å². The highest BCUT2D eigenvalue weighted by molar-refractivity contribution is 5.47. The van der Waals surface area contributed by atoms with Gasteiger partial charge in [0.05, 0.1) is 0 Å². The van der Waals surface area contributed by atoms with E-state index in [1.807, 2.05) is 12.1 Å². The van der Waals surface area contributed by atoms with E-state index in [0.717, 1.165) is 5.56 Å². The van der Waals surface area contributed by atoms with Crippen LogP contribution in [0.4, 0.5) is 10.1 Å². The second kappa shape index (κ2) is 6.20. The number of hydrogen-bond donors (Lipinski definition) is 2. The Morgan fingerprint density at radius 2 is 1.84 bits per heavy atom. The minimum absolute atomic E-state index is 0.0951. The Hall–Kier alpha value is -2.07. The Morgan fingerprint density at radius 3 is 2.47 bits per heavy atom. The van der Waals surface area contributed by atoms with Crippen molar-refractivity contribution in [1.29, 1.82) is 0 Å². The first-order valence-corrected chi connectivity index (χ1v) is 6.06. The van der Waals surface area contributed by atoms with Crippen molar-refractivity contribution in [3.8, 4) is 5.75 Å². The lowest BCUT2D eigenvalue weighted by molar-refractivity contribution is 0.297. The summed E-state index contributed by atoms with van der Waals surface area (Å²) in [7, 11) is 0. The van der Waals surface area contributed by atoms with E-state index in [1.54, 1.807) is 24.3 Å². The molecule has 0 saturated heterocycles. The van der Waals surface area contributed by atoms with E-state index in [9.17, 15) is 4.39 Å². The normalized spacial score (nSPS) is 10.4. The van der Waals surface area contributed by atoms with E-state index in [1.165, 1.54) is 6.07 Å². The van der Waals surface area contributed by atoms with Crippen LogP contribution in [0.25, 0.3) is 0 Å². The van der Waals surface area contributed by atoms with Gasteiger partial charge in [0.1, 0.15) is 18.2 Å². The molecule has 19 heavy (non-hydrogen) atoms. The van der Waals surface area contributed by atoms with Crippen LogP contribution in [0.1, 0.15) is 11.1 Å². The molecule has 3 N–H and O–H groups in total. The number of anilines is 1. The molecule has 3 nitrogen and oxygen atoms in total. The summed E-state index contributed by atoms with van der Waals surface area (Å²) in [5.41, 5.74) is 7.48. The third-order valence-corrected chi connectivity index (χ3v) is 2.86. The fraction of sp³-hybridized carbons (Fsp3) is 0.200. The van der Waals surface area contributed by atoms with Crippen molar-refractivity contribution in [2.24, 2.45) is 0 Å². The summed E-state index contributed by atoms with van der Waals surface area (Å²) < 4.78 is 19.0. The van der Waals surface area contributed by atoms with Gasteiger partial charge in [0, 0.05) is 17.9 Å². The molecule has 0 aliphatic carbocycles. The van der Waals surface area contributed by atoms with Gasteiger partial charge in [-0.15, -0.1) is 0 Å². The number of halogens is 1. The third-order valence-electron chi connectivity index (χ3n) is 2.86. The average Bonchev–Trinajstić information content (AvgIpc) is 2.40. The van der Waals surface area contributed by atoms with E-state index in [-0.39, 0.29) is 19.0 Å². The van der Waals surface area contributed by atoms with Gasteiger partial charge >= 0.3 is 0 Å². The lowest BCUT2D eigenvalue weighted by Gasteiger charge is -2.10. The molecule has 0 aromatic heterocycles. The molecule has 0 bridgehead atoms. The van der Waals surface area contributed by atoms with Gasteiger partial charge < -0.3 is 15.6 Å². The number of nitrogen functional groups attached to an aromatic ring is 1.